The van der Waals surface area contributed by atoms with E-state index in [9.17, 15) is 22.4 Å². The van der Waals surface area contributed by atoms with Crippen molar-refractivity contribution >= 4 is 22.0 Å². The smallest absolute Gasteiger partial charge is 0.315 e. The third-order valence-electron chi connectivity index (χ3n) is 7.04. The van der Waals surface area contributed by atoms with Crippen molar-refractivity contribution in [2.45, 2.75) is 43.5 Å². The summed E-state index contributed by atoms with van der Waals surface area (Å²) in [6, 6.07) is 4.53. The van der Waals surface area contributed by atoms with Crippen LogP contribution in [0.15, 0.2) is 24.3 Å². The first kappa shape index (κ1) is 22.8. The minimum atomic E-state index is -3.29. The van der Waals surface area contributed by atoms with E-state index in [1.54, 1.807) is 10.7 Å². The number of carbonyl (C=O) groups is 2. The van der Waals surface area contributed by atoms with Crippen LogP contribution < -0.4 is 11.5 Å². The Kier molecular flexibility index (Phi) is 5.59. The maximum Gasteiger partial charge on any atom is 0.315 e. The Bertz CT molecular complexity index is 1250. The van der Waals surface area contributed by atoms with Crippen molar-refractivity contribution in [3.05, 3.63) is 41.3 Å². The number of fused-ring (bicyclic) bond motifs is 1. The van der Waals surface area contributed by atoms with Crippen LogP contribution in [0.4, 0.5) is 9.18 Å². The summed E-state index contributed by atoms with van der Waals surface area (Å²) in [6.45, 7) is 1.27. The van der Waals surface area contributed by atoms with Gasteiger partial charge in [0.25, 0.3) is 5.91 Å². The highest BCUT2D eigenvalue weighted by molar-refractivity contribution is 7.90. The number of rotatable bonds is 5. The number of benzene rings is 1. The van der Waals surface area contributed by atoms with Gasteiger partial charge in [-0.2, -0.15) is 5.10 Å². The van der Waals surface area contributed by atoms with Gasteiger partial charge in [-0.15, -0.1) is 0 Å². The molecule has 182 valence electrons. The summed E-state index contributed by atoms with van der Waals surface area (Å²) in [5, 5.41) is 4.29. The van der Waals surface area contributed by atoms with Crippen LogP contribution in [-0.4, -0.2) is 64.2 Å². The minimum Gasteiger partial charge on any atom is -0.365 e. The van der Waals surface area contributed by atoms with Crippen LogP contribution in [0.5, 0.6) is 0 Å². The van der Waals surface area contributed by atoms with Gasteiger partial charge in [-0.25, -0.2) is 21.9 Å². The Morgan fingerprint density at radius 2 is 1.74 bits per heavy atom. The van der Waals surface area contributed by atoms with Crippen LogP contribution in [0.2, 0.25) is 0 Å². The maximum atomic E-state index is 13.9. The van der Waals surface area contributed by atoms with Crippen LogP contribution in [0, 0.1) is 11.7 Å². The molecule has 3 aliphatic rings. The van der Waals surface area contributed by atoms with Gasteiger partial charge in [0.15, 0.2) is 0 Å². The lowest BCUT2D eigenvalue weighted by Crippen LogP contribution is -2.50. The van der Waals surface area contributed by atoms with Crippen LogP contribution in [0.25, 0.3) is 11.3 Å². The molecule has 12 heteroatoms. The quantitative estimate of drug-likeness (QED) is 0.651. The first-order valence-corrected chi connectivity index (χ1v) is 12.9. The maximum absolute atomic E-state index is 13.9. The third kappa shape index (κ3) is 3.84. The number of aromatic nitrogens is 2. The summed E-state index contributed by atoms with van der Waals surface area (Å²) in [7, 11) is -3.29. The fourth-order valence-corrected chi connectivity index (χ4v) is 7.14. The molecule has 2 fully saturated rings. The summed E-state index contributed by atoms with van der Waals surface area (Å²) in [4.78, 5) is 26.5. The summed E-state index contributed by atoms with van der Waals surface area (Å²) in [6.07, 6.45) is 2.40. The number of nitrogens with zero attached hydrogens (tertiary/aromatic N) is 4. The minimum absolute atomic E-state index is 0.134. The predicted molar refractivity (Wildman–Crippen MR) is 121 cm³/mol. The number of urea groups is 1. The van der Waals surface area contributed by atoms with Gasteiger partial charge in [-0.3, -0.25) is 9.48 Å². The molecule has 0 bridgehead atoms. The molecular formula is C22H27FN6O4S. The molecular weight excluding hydrogens is 463 g/mol. The Morgan fingerprint density at radius 3 is 2.32 bits per heavy atom. The van der Waals surface area contributed by atoms with Gasteiger partial charge in [0.05, 0.1) is 29.1 Å². The molecule has 4 N–H and O–H groups in total. The average molecular weight is 491 g/mol. The molecule has 1 saturated heterocycles. The second-order valence-corrected chi connectivity index (χ2v) is 11.4. The summed E-state index contributed by atoms with van der Waals surface area (Å²) in [5.74, 6) is -1.35. The fraction of sp³-hybridized carbons (Fsp3) is 0.500. The number of hydrogen-bond donors (Lipinski definition) is 2. The number of carbonyl (C=O) groups excluding carboxylic acids is 2. The zero-order valence-electron chi connectivity index (χ0n) is 18.6. The predicted octanol–water partition coefficient (Wildman–Crippen LogP) is 1.43. The van der Waals surface area contributed by atoms with E-state index >= 15 is 0 Å². The molecule has 3 amide bonds. The molecule has 1 unspecified atom stereocenters. The largest absolute Gasteiger partial charge is 0.365 e. The second-order valence-electron chi connectivity index (χ2n) is 9.16. The number of piperidine rings is 1. The molecule has 5 rings (SSSR count). The highest BCUT2D eigenvalue weighted by atomic mass is 32.2. The molecule has 1 aliphatic carbocycles. The van der Waals surface area contributed by atoms with Crippen molar-refractivity contribution < 1.29 is 22.4 Å². The molecule has 34 heavy (non-hydrogen) atoms. The van der Waals surface area contributed by atoms with Crippen LogP contribution in [-0.2, 0) is 16.6 Å². The van der Waals surface area contributed by atoms with E-state index in [0.29, 0.717) is 56.6 Å². The van der Waals surface area contributed by atoms with Crippen molar-refractivity contribution in [1.82, 2.24) is 19.0 Å². The third-order valence-corrected chi connectivity index (χ3v) is 9.44. The van der Waals surface area contributed by atoms with Gasteiger partial charge in [-0.1, -0.05) is 12.1 Å². The number of nitrogens with two attached hydrogens (primary N) is 2. The van der Waals surface area contributed by atoms with Crippen LogP contribution >= 0.6 is 0 Å². The van der Waals surface area contributed by atoms with E-state index in [4.69, 9.17) is 11.5 Å². The Labute approximate surface area is 196 Å². The zero-order valence-corrected chi connectivity index (χ0v) is 19.4. The molecule has 1 aromatic heterocycles. The fourth-order valence-electron chi connectivity index (χ4n) is 5.26. The van der Waals surface area contributed by atoms with Gasteiger partial charge >= 0.3 is 6.03 Å². The van der Waals surface area contributed by atoms with Crippen molar-refractivity contribution in [2.24, 2.45) is 17.4 Å². The zero-order chi connectivity index (χ0) is 24.2. The summed E-state index contributed by atoms with van der Waals surface area (Å²) in [5.41, 5.74) is 12.8. The monoisotopic (exact) mass is 490 g/mol. The Morgan fingerprint density at radius 1 is 1.03 bits per heavy atom. The summed E-state index contributed by atoms with van der Waals surface area (Å²) >= 11 is 0. The number of hydrogen-bond acceptors (Lipinski definition) is 5. The number of amides is 3. The second kappa shape index (κ2) is 8.35. The highest BCUT2D eigenvalue weighted by Crippen LogP contribution is 2.43. The van der Waals surface area contributed by atoms with Crippen LogP contribution in [0.3, 0.4) is 0 Å². The molecule has 10 nitrogen and oxygen atoms in total. The van der Waals surface area contributed by atoms with Crippen LogP contribution in [0.1, 0.15) is 47.8 Å². The van der Waals surface area contributed by atoms with Gasteiger partial charge in [0, 0.05) is 25.2 Å². The molecule has 1 atom stereocenters. The first-order valence-electron chi connectivity index (χ1n) is 11.4. The van der Waals surface area contributed by atoms with E-state index in [1.165, 1.54) is 27.4 Å². The average Bonchev–Trinajstić information content (AvgIpc) is 3.59. The van der Waals surface area contributed by atoms with Crippen molar-refractivity contribution in [3.8, 4) is 11.3 Å². The molecule has 1 saturated carbocycles. The summed E-state index contributed by atoms with van der Waals surface area (Å²) < 4.78 is 42.4. The lowest BCUT2D eigenvalue weighted by Gasteiger charge is -2.43. The van der Waals surface area contributed by atoms with Gasteiger partial charge in [0.2, 0.25) is 10.0 Å². The Hall–Kier alpha value is -2.99. The number of halogens is 1. The Balaban J connectivity index is 1.54. The highest BCUT2D eigenvalue weighted by Gasteiger charge is 2.45. The lowest BCUT2D eigenvalue weighted by atomic mass is 9.84. The van der Waals surface area contributed by atoms with Crippen molar-refractivity contribution in [2.75, 3.05) is 19.6 Å². The normalized spacial score (nSPS) is 21.9. The van der Waals surface area contributed by atoms with Gasteiger partial charge < -0.3 is 16.4 Å². The van der Waals surface area contributed by atoms with Crippen molar-refractivity contribution in [1.29, 1.82) is 0 Å². The SMILES string of the molecule is NC(=O)c1c(-c2cccc(F)c2)nn2c1C(C1CCN(S(=O)(=O)C3CC3)CC1)N(C(N)=O)CC2. The number of primary amides is 2. The lowest BCUT2D eigenvalue weighted by molar-refractivity contribution is 0.0942. The van der Waals surface area contributed by atoms with Gasteiger partial charge in [-0.05, 0) is 43.7 Å². The molecule has 3 heterocycles. The standard InChI is InChI=1S/C22H27FN6O4S/c23-15-3-1-2-14(12-15)18-17(21(24)30)20-19(28(22(25)31)10-11-29(20)26-18)13-6-8-27(9-7-13)34(32,33)16-4-5-16/h1-3,12-13,16,19H,4-11H2,(H2,24,30)(H2,25,31). The van der Waals surface area contributed by atoms with E-state index in [-0.39, 0.29) is 29.0 Å². The molecule has 0 spiro atoms. The molecule has 2 aromatic rings. The molecule has 2 aliphatic heterocycles. The van der Waals surface area contributed by atoms with E-state index in [2.05, 4.69) is 5.10 Å². The van der Waals surface area contributed by atoms with Crippen molar-refractivity contribution in [3.63, 3.8) is 0 Å². The van der Waals surface area contributed by atoms with Gasteiger partial charge in [0.1, 0.15) is 11.5 Å². The molecule has 1 aromatic carbocycles. The van der Waals surface area contributed by atoms with E-state index in [1.807, 2.05) is 0 Å². The first-order chi connectivity index (χ1) is 16.2. The van der Waals surface area contributed by atoms with E-state index < -0.39 is 33.8 Å². The van der Waals surface area contributed by atoms with E-state index in [0.717, 1.165) is 0 Å². The molecule has 0 radical (unpaired) electrons. The number of sulfonamides is 1. The topological polar surface area (TPSA) is 145 Å².